The molecular weight excluding hydrogens is 559 g/mol. The fourth-order valence-electron chi connectivity index (χ4n) is 6.15. The van der Waals surface area contributed by atoms with Gasteiger partial charge in [-0.15, -0.1) is 0 Å². The summed E-state index contributed by atoms with van der Waals surface area (Å²) in [4.78, 5) is 34.1. The molecule has 43 heavy (non-hydrogen) atoms. The molecule has 4 N–H and O–H groups in total. The number of carbonyl (C=O) groups excluding carboxylic acids is 2. The summed E-state index contributed by atoms with van der Waals surface area (Å²) in [5.41, 5.74) is 9.17. The Balaban J connectivity index is 1.35. The highest BCUT2D eigenvalue weighted by Crippen LogP contribution is 2.40. The van der Waals surface area contributed by atoms with Gasteiger partial charge in [-0.25, -0.2) is 9.97 Å². The van der Waals surface area contributed by atoms with Crippen molar-refractivity contribution in [2.24, 2.45) is 5.92 Å². The van der Waals surface area contributed by atoms with Crippen LogP contribution in [-0.4, -0.2) is 38.1 Å². The number of benzene rings is 1. The molecule has 6 rings (SSSR count). The minimum atomic E-state index is -4.55. The van der Waals surface area contributed by atoms with Crippen LogP contribution in [0, 0.1) is 5.92 Å². The van der Waals surface area contributed by atoms with Gasteiger partial charge in [0.15, 0.2) is 0 Å². The van der Waals surface area contributed by atoms with Gasteiger partial charge in [0.2, 0.25) is 5.91 Å². The van der Waals surface area contributed by atoms with Gasteiger partial charge in [0.1, 0.15) is 17.3 Å². The summed E-state index contributed by atoms with van der Waals surface area (Å²) in [5, 5.41) is 11.4. The number of amides is 2. The number of nitrogens with zero attached hydrogens (tertiary/aromatic N) is 4. The van der Waals surface area contributed by atoms with Crippen molar-refractivity contribution in [1.29, 1.82) is 0 Å². The van der Waals surface area contributed by atoms with Crippen LogP contribution in [0.5, 0.6) is 0 Å². The van der Waals surface area contributed by atoms with Crippen LogP contribution in [0.25, 0.3) is 22.2 Å². The van der Waals surface area contributed by atoms with Crippen molar-refractivity contribution in [2.75, 3.05) is 17.6 Å². The molecule has 0 saturated heterocycles. The Morgan fingerprint density at radius 3 is 2.65 bits per heavy atom. The Hall–Kier alpha value is -4.48. The number of aromatic nitrogens is 4. The summed E-state index contributed by atoms with van der Waals surface area (Å²) in [6, 6.07) is 8.31. The van der Waals surface area contributed by atoms with Gasteiger partial charge < -0.3 is 16.4 Å². The molecular formula is C31H32F3N7O2. The standard InChI is InChI=1S/C31H32F3N7O2/c32-31(33,34)22-12-14-36-24(16-22)39-30(43)19-10-8-18(9-11-19)26-25-27-21(17-38-28(25)35)5-2-1-3-13-37-29(42)20-6-4-7-23(15-20)41(27)40-26/h8-12,14,16-17,20,23H,1-7,13,15H2,(H2,35,38)(H,37,42)(H,36,39,43)/t20-,23-/m1/s1. The number of halogens is 3. The molecule has 1 aliphatic carbocycles. The summed E-state index contributed by atoms with van der Waals surface area (Å²) >= 11 is 0. The van der Waals surface area contributed by atoms with E-state index in [4.69, 9.17) is 10.8 Å². The number of anilines is 2. The largest absolute Gasteiger partial charge is 0.416 e. The SMILES string of the molecule is Nc1ncc2c3c1c(-c1ccc(C(=O)Nc4cc(C(F)(F)F)ccn4)cc1)nn3[C@@H]1CCC[C@H](C1)C(=O)NCCCCC2. The van der Waals surface area contributed by atoms with E-state index >= 15 is 0 Å². The van der Waals surface area contributed by atoms with Crippen LogP contribution in [0.4, 0.5) is 24.8 Å². The van der Waals surface area contributed by atoms with Crippen LogP contribution in [0.2, 0.25) is 0 Å². The van der Waals surface area contributed by atoms with Crippen LogP contribution in [0.15, 0.2) is 48.8 Å². The quantitative estimate of drug-likeness (QED) is 0.271. The molecule has 12 heteroatoms. The highest BCUT2D eigenvalue weighted by molar-refractivity contribution is 6.05. The lowest BCUT2D eigenvalue weighted by molar-refractivity contribution is -0.137. The molecule has 9 nitrogen and oxygen atoms in total. The first-order valence-electron chi connectivity index (χ1n) is 14.6. The zero-order chi connectivity index (χ0) is 30.1. The van der Waals surface area contributed by atoms with Crippen LogP contribution in [0.3, 0.4) is 0 Å². The number of hydrogen-bond acceptors (Lipinski definition) is 6. The maximum absolute atomic E-state index is 13.1. The third kappa shape index (κ3) is 5.91. The monoisotopic (exact) mass is 591 g/mol. The minimum Gasteiger partial charge on any atom is -0.383 e. The molecule has 2 amide bonds. The van der Waals surface area contributed by atoms with Gasteiger partial charge in [0, 0.05) is 36.0 Å². The molecule has 1 saturated carbocycles. The number of pyridine rings is 2. The summed E-state index contributed by atoms with van der Waals surface area (Å²) in [7, 11) is 0. The second-order valence-corrected chi connectivity index (χ2v) is 11.3. The van der Waals surface area contributed by atoms with Crippen LogP contribution in [-0.2, 0) is 17.4 Å². The van der Waals surface area contributed by atoms with Crippen molar-refractivity contribution in [2.45, 2.75) is 63.6 Å². The van der Waals surface area contributed by atoms with E-state index < -0.39 is 17.6 Å². The third-order valence-electron chi connectivity index (χ3n) is 8.36. The summed E-state index contributed by atoms with van der Waals surface area (Å²) in [6.07, 6.45) is 5.27. The van der Waals surface area contributed by atoms with Crippen molar-refractivity contribution in [3.63, 3.8) is 0 Å². The van der Waals surface area contributed by atoms with E-state index in [1.807, 2.05) is 10.9 Å². The van der Waals surface area contributed by atoms with Gasteiger partial charge in [-0.05, 0) is 68.4 Å². The van der Waals surface area contributed by atoms with E-state index in [1.54, 1.807) is 24.3 Å². The predicted molar refractivity (Wildman–Crippen MR) is 156 cm³/mol. The molecule has 0 spiro atoms. The number of rotatable bonds is 3. The highest BCUT2D eigenvalue weighted by atomic mass is 19.4. The average molecular weight is 592 g/mol. The number of nitrogens with one attached hydrogen (secondary N) is 2. The van der Waals surface area contributed by atoms with Gasteiger partial charge >= 0.3 is 6.18 Å². The maximum atomic E-state index is 13.1. The lowest BCUT2D eigenvalue weighted by Crippen LogP contribution is -2.35. The number of carbonyl (C=O) groups is 2. The van der Waals surface area contributed by atoms with Crippen molar-refractivity contribution < 1.29 is 22.8 Å². The van der Waals surface area contributed by atoms with Crippen LogP contribution in [0.1, 0.15) is 72.5 Å². The number of nitrogen functional groups attached to an aromatic ring is 1. The van der Waals surface area contributed by atoms with E-state index in [-0.39, 0.29) is 29.2 Å². The zero-order valence-electron chi connectivity index (χ0n) is 23.5. The van der Waals surface area contributed by atoms with Crippen LogP contribution < -0.4 is 16.4 Å². The first-order valence-corrected chi connectivity index (χ1v) is 14.6. The molecule has 1 aliphatic heterocycles. The van der Waals surface area contributed by atoms with Crippen molar-refractivity contribution in [3.8, 4) is 11.3 Å². The zero-order valence-corrected chi connectivity index (χ0v) is 23.5. The summed E-state index contributed by atoms with van der Waals surface area (Å²) < 4.78 is 41.3. The molecule has 4 heterocycles. The Labute approximate surface area is 246 Å². The Kier molecular flexibility index (Phi) is 7.76. The Morgan fingerprint density at radius 2 is 1.86 bits per heavy atom. The second-order valence-electron chi connectivity index (χ2n) is 11.3. The molecule has 0 radical (unpaired) electrons. The first-order chi connectivity index (χ1) is 20.7. The number of alkyl halides is 3. The van der Waals surface area contributed by atoms with Gasteiger partial charge in [0.25, 0.3) is 5.91 Å². The smallest absolute Gasteiger partial charge is 0.383 e. The normalized spacial score (nSPS) is 19.6. The minimum absolute atomic E-state index is 0.0204. The van der Waals surface area contributed by atoms with Gasteiger partial charge in [-0.2, -0.15) is 18.3 Å². The van der Waals surface area contributed by atoms with Gasteiger partial charge in [-0.3, -0.25) is 14.3 Å². The first kappa shape index (κ1) is 28.6. The lowest BCUT2D eigenvalue weighted by Gasteiger charge is -2.29. The number of hydrogen-bond donors (Lipinski definition) is 3. The predicted octanol–water partition coefficient (Wildman–Crippen LogP) is 5.92. The van der Waals surface area contributed by atoms with E-state index in [0.717, 1.165) is 85.3 Å². The number of aryl methyl sites for hydroxylation is 1. The van der Waals surface area contributed by atoms with E-state index in [9.17, 15) is 22.8 Å². The number of nitrogens with two attached hydrogens (primary N) is 1. The highest BCUT2D eigenvalue weighted by Gasteiger charge is 2.32. The van der Waals surface area contributed by atoms with Crippen molar-refractivity contribution >= 4 is 34.4 Å². The topological polar surface area (TPSA) is 128 Å². The van der Waals surface area contributed by atoms with E-state index in [2.05, 4.69) is 20.6 Å². The molecule has 224 valence electrons. The molecule has 2 atom stereocenters. The van der Waals surface area contributed by atoms with Crippen molar-refractivity contribution in [3.05, 3.63) is 65.5 Å². The van der Waals surface area contributed by atoms with Gasteiger partial charge in [-0.1, -0.05) is 25.0 Å². The molecule has 4 aromatic rings. The molecule has 2 bridgehead atoms. The Morgan fingerprint density at radius 1 is 1.05 bits per heavy atom. The van der Waals surface area contributed by atoms with Gasteiger partial charge in [0.05, 0.1) is 22.5 Å². The lowest BCUT2D eigenvalue weighted by atomic mass is 9.85. The fraction of sp³-hybridized carbons (Fsp3) is 0.387. The van der Waals surface area contributed by atoms with E-state index in [0.29, 0.717) is 24.5 Å². The molecule has 2 aliphatic rings. The van der Waals surface area contributed by atoms with Crippen molar-refractivity contribution in [1.82, 2.24) is 25.1 Å². The average Bonchev–Trinajstić information content (AvgIpc) is 3.41. The van der Waals surface area contributed by atoms with Crippen LogP contribution >= 0.6 is 0 Å². The summed E-state index contributed by atoms with van der Waals surface area (Å²) in [5.74, 6) is -0.401. The molecule has 1 fully saturated rings. The second kappa shape index (κ2) is 11.7. The summed E-state index contributed by atoms with van der Waals surface area (Å²) in [6.45, 7) is 0.689. The maximum Gasteiger partial charge on any atom is 0.416 e. The third-order valence-corrected chi connectivity index (χ3v) is 8.36. The molecule has 3 aromatic heterocycles. The van der Waals surface area contributed by atoms with E-state index in [1.165, 1.54) is 0 Å². The Bertz CT molecular complexity index is 1670. The number of fused-ring (bicyclic) bond motifs is 3. The fourth-order valence-corrected chi connectivity index (χ4v) is 6.15. The molecule has 0 unspecified atom stereocenters. The molecule has 1 aromatic carbocycles.